The van der Waals surface area contributed by atoms with Crippen LogP contribution in [-0.4, -0.2) is 24.6 Å². The Morgan fingerprint density at radius 1 is 1.43 bits per heavy atom. The Bertz CT molecular complexity index is 234. The minimum atomic E-state index is -3.66. The first-order valence-electron chi connectivity index (χ1n) is 4.12. The first-order valence-corrected chi connectivity index (χ1v) is 5.72. The van der Waals surface area contributed by atoms with Gasteiger partial charge in [-0.2, -0.15) is 8.42 Å². The van der Waals surface area contributed by atoms with E-state index in [-0.39, 0.29) is 5.75 Å². The standard InChI is InChI=1S/C3H5NO.C3H8.C2H6O3S/c1-2-3(4)5;1-3-2;1-2-6(3,4)5/h2H,1H2,(H2,4,5);3H2,1-2H3;2H2,1H3,(H,3,4,5). The van der Waals surface area contributed by atoms with Crippen molar-refractivity contribution in [1.29, 1.82) is 0 Å². The van der Waals surface area contributed by atoms with Crippen LogP contribution in [0.5, 0.6) is 0 Å². The molecule has 6 heteroatoms. The highest BCUT2D eigenvalue weighted by Gasteiger charge is 1.93. The van der Waals surface area contributed by atoms with E-state index >= 15 is 0 Å². The van der Waals surface area contributed by atoms with Gasteiger partial charge >= 0.3 is 0 Å². The number of primary amides is 1. The zero-order valence-electron chi connectivity index (χ0n) is 8.86. The SMILES string of the molecule is C=CC(N)=O.CCC.CCS(=O)(=O)O. The molecular formula is C8H19NO4S. The van der Waals surface area contributed by atoms with Crippen LogP contribution in [0.15, 0.2) is 12.7 Å². The maximum absolute atomic E-state index is 9.56. The molecule has 0 unspecified atom stereocenters. The summed E-state index contributed by atoms with van der Waals surface area (Å²) in [4.78, 5) is 9.47. The normalized spacial score (nSPS) is 8.57. The van der Waals surface area contributed by atoms with Crippen LogP contribution in [0.4, 0.5) is 0 Å². The smallest absolute Gasteiger partial charge is 0.264 e. The van der Waals surface area contributed by atoms with Crippen LogP contribution in [0.1, 0.15) is 27.2 Å². The molecule has 5 nitrogen and oxygen atoms in total. The molecule has 0 aliphatic heterocycles. The fourth-order valence-corrected chi connectivity index (χ4v) is 0. The van der Waals surface area contributed by atoms with Crippen LogP contribution in [0.25, 0.3) is 0 Å². The van der Waals surface area contributed by atoms with Crippen LogP contribution in [0, 0.1) is 0 Å². The number of hydrogen-bond donors (Lipinski definition) is 2. The minimum absolute atomic E-state index is 0.201. The highest BCUT2D eigenvalue weighted by molar-refractivity contribution is 7.85. The van der Waals surface area contributed by atoms with E-state index in [1.165, 1.54) is 13.3 Å². The van der Waals surface area contributed by atoms with Gasteiger partial charge in [0.1, 0.15) is 0 Å². The van der Waals surface area contributed by atoms with Crippen molar-refractivity contribution < 1.29 is 17.8 Å². The van der Waals surface area contributed by atoms with Crippen LogP contribution in [-0.2, 0) is 14.9 Å². The van der Waals surface area contributed by atoms with E-state index in [0.29, 0.717) is 0 Å². The lowest BCUT2D eigenvalue weighted by molar-refractivity contribution is -0.113. The molecule has 14 heavy (non-hydrogen) atoms. The van der Waals surface area contributed by atoms with E-state index in [0.717, 1.165) is 6.08 Å². The Morgan fingerprint density at radius 2 is 1.57 bits per heavy atom. The van der Waals surface area contributed by atoms with Crippen molar-refractivity contribution in [1.82, 2.24) is 0 Å². The number of hydrogen-bond acceptors (Lipinski definition) is 3. The topological polar surface area (TPSA) is 97.5 Å². The van der Waals surface area contributed by atoms with Gasteiger partial charge in [0.2, 0.25) is 5.91 Å². The molecule has 0 atom stereocenters. The molecule has 0 fully saturated rings. The van der Waals surface area contributed by atoms with Gasteiger partial charge in [0.05, 0.1) is 5.75 Å². The van der Waals surface area contributed by atoms with Crippen molar-refractivity contribution in [2.45, 2.75) is 27.2 Å². The number of amides is 1. The molecule has 1 amide bonds. The van der Waals surface area contributed by atoms with Crippen molar-refractivity contribution in [2.75, 3.05) is 5.75 Å². The summed E-state index contributed by atoms with van der Waals surface area (Å²) >= 11 is 0. The predicted molar refractivity (Wildman–Crippen MR) is 57.4 cm³/mol. The summed E-state index contributed by atoms with van der Waals surface area (Å²) in [6, 6.07) is 0. The van der Waals surface area contributed by atoms with Crippen molar-refractivity contribution in [3.05, 3.63) is 12.7 Å². The zero-order chi connectivity index (χ0) is 12.2. The van der Waals surface area contributed by atoms with Gasteiger partial charge in [0, 0.05) is 0 Å². The molecule has 0 aromatic heterocycles. The molecule has 0 saturated carbocycles. The zero-order valence-corrected chi connectivity index (χ0v) is 9.67. The Kier molecular flexibility index (Phi) is 16.3. The minimum Gasteiger partial charge on any atom is -0.366 e. The third kappa shape index (κ3) is 67.1. The second kappa shape index (κ2) is 12.1. The van der Waals surface area contributed by atoms with Gasteiger partial charge in [-0.05, 0) is 13.0 Å². The van der Waals surface area contributed by atoms with E-state index in [1.807, 2.05) is 0 Å². The summed E-state index contributed by atoms with van der Waals surface area (Å²) in [6.45, 7) is 8.71. The average molecular weight is 225 g/mol. The molecule has 0 saturated heterocycles. The largest absolute Gasteiger partial charge is 0.366 e. The summed E-state index contributed by atoms with van der Waals surface area (Å²) in [5, 5.41) is 0. The maximum Gasteiger partial charge on any atom is 0.264 e. The Morgan fingerprint density at radius 3 is 1.57 bits per heavy atom. The third-order valence-electron chi connectivity index (χ3n) is 0.566. The average Bonchev–Trinajstić information content (AvgIpc) is 2.06. The maximum atomic E-state index is 9.56. The van der Waals surface area contributed by atoms with Gasteiger partial charge < -0.3 is 5.73 Å². The number of nitrogens with two attached hydrogens (primary N) is 1. The second-order valence-corrected chi connectivity index (χ2v) is 3.93. The molecule has 3 N–H and O–H groups in total. The molecule has 0 spiro atoms. The molecule has 0 bridgehead atoms. The van der Waals surface area contributed by atoms with E-state index in [1.54, 1.807) is 0 Å². The fraction of sp³-hybridized carbons (Fsp3) is 0.625. The number of rotatable bonds is 2. The lowest BCUT2D eigenvalue weighted by atomic mass is 10.6. The number of carbonyl (C=O) groups is 1. The van der Waals surface area contributed by atoms with E-state index in [2.05, 4.69) is 26.2 Å². The van der Waals surface area contributed by atoms with Crippen molar-refractivity contribution >= 4 is 16.0 Å². The Labute approximate surface area is 85.7 Å². The summed E-state index contributed by atoms with van der Waals surface area (Å²) in [7, 11) is -3.66. The first-order chi connectivity index (χ1) is 6.24. The Balaban J connectivity index is -0.000000138. The quantitative estimate of drug-likeness (QED) is 0.540. The molecule has 0 rings (SSSR count). The van der Waals surface area contributed by atoms with Crippen LogP contribution in [0.3, 0.4) is 0 Å². The van der Waals surface area contributed by atoms with E-state index in [9.17, 15) is 13.2 Å². The third-order valence-corrected chi connectivity index (χ3v) is 1.30. The molecule has 0 radical (unpaired) electrons. The summed E-state index contributed by atoms with van der Waals surface area (Å²) in [5.41, 5.74) is 4.53. The van der Waals surface area contributed by atoms with Gasteiger partial charge in [-0.1, -0.05) is 26.8 Å². The van der Waals surface area contributed by atoms with Crippen LogP contribution < -0.4 is 5.73 Å². The molecule has 0 aromatic rings. The van der Waals surface area contributed by atoms with Gasteiger partial charge in [0.15, 0.2) is 0 Å². The van der Waals surface area contributed by atoms with Crippen molar-refractivity contribution in [3.63, 3.8) is 0 Å². The van der Waals surface area contributed by atoms with E-state index in [4.69, 9.17) is 4.55 Å². The first kappa shape index (κ1) is 18.8. The molecule has 0 aliphatic carbocycles. The highest BCUT2D eigenvalue weighted by atomic mass is 32.2. The summed E-state index contributed by atoms with van der Waals surface area (Å²) in [5.74, 6) is -0.683. The molecule has 86 valence electrons. The number of carbonyl (C=O) groups excluding carboxylic acids is 1. The predicted octanol–water partition coefficient (Wildman–Crippen LogP) is 0.968. The van der Waals surface area contributed by atoms with Crippen molar-refractivity contribution in [3.8, 4) is 0 Å². The van der Waals surface area contributed by atoms with Gasteiger partial charge in [0.25, 0.3) is 10.1 Å². The molecule has 0 heterocycles. The van der Waals surface area contributed by atoms with Crippen LogP contribution in [0.2, 0.25) is 0 Å². The van der Waals surface area contributed by atoms with Gasteiger partial charge in [-0.15, -0.1) is 0 Å². The Hall–Kier alpha value is -0.880. The highest BCUT2D eigenvalue weighted by Crippen LogP contribution is 1.74. The fourth-order valence-electron chi connectivity index (χ4n) is 0. The van der Waals surface area contributed by atoms with Crippen LogP contribution >= 0.6 is 0 Å². The van der Waals surface area contributed by atoms with Crippen molar-refractivity contribution in [2.24, 2.45) is 5.73 Å². The lowest BCUT2D eigenvalue weighted by Crippen LogP contribution is -2.04. The lowest BCUT2D eigenvalue weighted by Gasteiger charge is -1.79. The molecule has 0 aliphatic rings. The summed E-state index contributed by atoms with van der Waals surface area (Å²) in [6.07, 6.45) is 2.31. The van der Waals surface area contributed by atoms with Gasteiger partial charge in [-0.25, -0.2) is 0 Å². The summed E-state index contributed by atoms with van der Waals surface area (Å²) < 4.78 is 26.9. The molecule has 0 aromatic carbocycles. The monoisotopic (exact) mass is 225 g/mol. The van der Waals surface area contributed by atoms with E-state index < -0.39 is 16.0 Å². The van der Waals surface area contributed by atoms with Gasteiger partial charge in [-0.3, -0.25) is 9.35 Å². The molecular weight excluding hydrogens is 206 g/mol. The second-order valence-electron chi connectivity index (χ2n) is 2.18.